The lowest BCUT2D eigenvalue weighted by atomic mass is 9.94. The van der Waals surface area contributed by atoms with Gasteiger partial charge >= 0.3 is 24.4 Å². The molecule has 1 fully saturated rings. The molecule has 3 heterocycles. The van der Waals surface area contributed by atoms with Crippen LogP contribution in [0.1, 0.15) is 60.6 Å². The van der Waals surface area contributed by atoms with Crippen LogP contribution in [-0.4, -0.2) is 54.7 Å². The van der Waals surface area contributed by atoms with E-state index < -0.39 is 53.3 Å². The molecular weight excluding hydrogens is 708 g/mol. The quantitative estimate of drug-likeness (QED) is 0.0974. The van der Waals surface area contributed by atoms with Crippen LogP contribution in [0.3, 0.4) is 0 Å². The van der Waals surface area contributed by atoms with Crippen LogP contribution < -0.4 is 4.74 Å². The standard InChI is InChI=1S/C37H33F6N5O5/c1-19(2)27(9-7-20(3)33(49)50)23-8-10-31(52-6)28(15-23)29-17-45-34(47-12-11-44-22(47)5)46-30(29)18-48-21(4)32(53-35(48)51)24-13-25(36(38,39)40)16-26(14-24)37(41,42)43/h7-17,21,32H,3,18H2,1-2,4-6H3,(H,49,50). The average molecular weight is 742 g/mol. The minimum absolute atomic E-state index is 0.00982. The van der Waals surface area contributed by atoms with Crippen molar-refractivity contribution in [2.45, 2.75) is 58.7 Å². The van der Waals surface area contributed by atoms with Gasteiger partial charge in [-0.3, -0.25) is 9.47 Å². The molecule has 1 N–H and O–H groups in total. The van der Waals surface area contributed by atoms with E-state index in [1.165, 1.54) is 32.5 Å². The number of hydrogen-bond acceptors (Lipinski definition) is 7. The molecule has 278 valence electrons. The van der Waals surface area contributed by atoms with Crippen molar-refractivity contribution in [2.24, 2.45) is 0 Å². The third kappa shape index (κ3) is 8.10. The summed E-state index contributed by atoms with van der Waals surface area (Å²) in [4.78, 5) is 39.4. The molecule has 2 atom stereocenters. The Bertz CT molecular complexity index is 2120. The summed E-state index contributed by atoms with van der Waals surface area (Å²) in [6.45, 7) is 10.1. The number of nitrogens with zero attached hydrogens (tertiary/aromatic N) is 5. The first kappa shape index (κ1) is 38.3. The number of benzene rings is 2. The lowest BCUT2D eigenvalue weighted by Gasteiger charge is -2.23. The zero-order valence-corrected chi connectivity index (χ0v) is 29.0. The number of alkyl halides is 6. The van der Waals surface area contributed by atoms with Crippen molar-refractivity contribution in [2.75, 3.05) is 7.11 Å². The second-order valence-corrected chi connectivity index (χ2v) is 12.4. The Morgan fingerprint density at radius 1 is 1.02 bits per heavy atom. The number of aryl methyl sites for hydroxylation is 1. The molecule has 0 aliphatic carbocycles. The first-order valence-electron chi connectivity index (χ1n) is 15.9. The van der Waals surface area contributed by atoms with Gasteiger partial charge in [0, 0.05) is 29.7 Å². The number of cyclic esters (lactones) is 1. The number of halogens is 6. The van der Waals surface area contributed by atoms with Gasteiger partial charge in [-0.25, -0.2) is 24.5 Å². The summed E-state index contributed by atoms with van der Waals surface area (Å²) in [5, 5.41) is 9.30. The lowest BCUT2D eigenvalue weighted by molar-refractivity contribution is -0.143. The molecule has 1 amide bonds. The molecule has 1 saturated heterocycles. The maximum atomic E-state index is 13.7. The number of hydrogen-bond donors (Lipinski definition) is 1. The number of rotatable bonds is 10. The number of methoxy groups -OCH3 is 1. The first-order valence-corrected chi connectivity index (χ1v) is 15.9. The zero-order valence-electron chi connectivity index (χ0n) is 29.0. The van der Waals surface area contributed by atoms with E-state index in [2.05, 4.69) is 16.5 Å². The van der Waals surface area contributed by atoms with E-state index in [4.69, 9.17) is 14.5 Å². The molecule has 5 rings (SSSR count). The van der Waals surface area contributed by atoms with E-state index in [-0.39, 0.29) is 29.8 Å². The van der Waals surface area contributed by atoms with Gasteiger partial charge in [0.05, 0.1) is 42.1 Å². The molecule has 2 unspecified atom stereocenters. The molecule has 53 heavy (non-hydrogen) atoms. The zero-order chi connectivity index (χ0) is 39.0. The first-order chi connectivity index (χ1) is 24.8. The van der Waals surface area contributed by atoms with Crippen molar-refractivity contribution in [1.29, 1.82) is 0 Å². The van der Waals surface area contributed by atoms with Crippen molar-refractivity contribution >= 4 is 17.6 Å². The Hall–Kier alpha value is -5.93. The molecule has 10 nitrogen and oxygen atoms in total. The van der Waals surface area contributed by atoms with Gasteiger partial charge in [-0.05, 0) is 80.8 Å². The highest BCUT2D eigenvalue weighted by atomic mass is 19.4. The van der Waals surface area contributed by atoms with Crippen LogP contribution in [0.4, 0.5) is 31.1 Å². The number of carboxylic acids is 1. The van der Waals surface area contributed by atoms with E-state index in [1.54, 1.807) is 42.0 Å². The predicted octanol–water partition coefficient (Wildman–Crippen LogP) is 8.76. The number of allylic oxidation sites excluding steroid dienone is 3. The summed E-state index contributed by atoms with van der Waals surface area (Å²) in [6.07, 6.45) is -5.06. The third-order valence-corrected chi connectivity index (χ3v) is 8.61. The van der Waals surface area contributed by atoms with Crippen molar-refractivity contribution in [3.63, 3.8) is 0 Å². The van der Waals surface area contributed by atoms with Gasteiger partial charge < -0.3 is 14.6 Å². The van der Waals surface area contributed by atoms with Gasteiger partial charge in [-0.15, -0.1) is 0 Å². The Morgan fingerprint density at radius 3 is 2.23 bits per heavy atom. The largest absolute Gasteiger partial charge is 0.496 e. The van der Waals surface area contributed by atoms with E-state index in [0.29, 0.717) is 46.0 Å². The Balaban J connectivity index is 1.62. The van der Waals surface area contributed by atoms with Crippen molar-refractivity contribution in [3.8, 4) is 22.8 Å². The topological polar surface area (TPSA) is 120 Å². The van der Waals surface area contributed by atoms with Crippen LogP contribution in [0.25, 0.3) is 22.6 Å². The van der Waals surface area contributed by atoms with Crippen molar-refractivity contribution in [1.82, 2.24) is 24.4 Å². The fourth-order valence-electron chi connectivity index (χ4n) is 5.81. The monoisotopic (exact) mass is 741 g/mol. The van der Waals surface area contributed by atoms with Crippen molar-refractivity contribution < 1.29 is 50.5 Å². The average Bonchev–Trinajstić information content (AvgIpc) is 3.64. The fourth-order valence-corrected chi connectivity index (χ4v) is 5.81. The minimum Gasteiger partial charge on any atom is -0.496 e. The van der Waals surface area contributed by atoms with E-state index in [1.807, 2.05) is 13.8 Å². The summed E-state index contributed by atoms with van der Waals surface area (Å²) in [5.41, 5.74) is -0.463. The molecule has 16 heteroatoms. The van der Waals surface area contributed by atoms with Gasteiger partial charge in [0.1, 0.15) is 17.7 Å². The molecule has 1 aliphatic heterocycles. The summed E-state index contributed by atoms with van der Waals surface area (Å²) < 4.78 is 94.9. The molecule has 1 aliphatic rings. The SMILES string of the molecule is C=C(C=CC(=C(C)C)c1ccc(OC)c(-c2cnc(-n3ccnc3C)nc2CN2C(=O)OC(c3cc(C(F)(F)F)cc(C(F)(F)F)c3)C2C)c1)C(=O)O. The van der Waals surface area contributed by atoms with E-state index >= 15 is 0 Å². The highest BCUT2D eigenvalue weighted by Crippen LogP contribution is 2.42. The van der Waals surface area contributed by atoms with Crippen LogP contribution in [0.15, 0.2) is 84.9 Å². The molecule has 2 aromatic carbocycles. The molecular formula is C37H33F6N5O5. The number of aliphatic carboxylic acids is 1. The van der Waals surface area contributed by atoms with Gasteiger partial charge in [0.2, 0.25) is 5.95 Å². The maximum absolute atomic E-state index is 13.7. The van der Waals surface area contributed by atoms with Crippen LogP contribution in [0.2, 0.25) is 0 Å². The number of carbonyl (C=O) groups excluding carboxylic acids is 1. The van der Waals surface area contributed by atoms with Gasteiger partial charge in [0.25, 0.3) is 0 Å². The molecule has 0 saturated carbocycles. The third-order valence-electron chi connectivity index (χ3n) is 8.61. The molecule has 0 spiro atoms. The highest BCUT2D eigenvalue weighted by molar-refractivity contribution is 5.91. The summed E-state index contributed by atoms with van der Waals surface area (Å²) in [5.74, 6) is -0.120. The number of carboxylic acid groups (broad SMARTS) is 1. The van der Waals surface area contributed by atoms with Crippen LogP contribution in [0, 0.1) is 6.92 Å². The van der Waals surface area contributed by atoms with E-state index in [0.717, 1.165) is 10.5 Å². The fraction of sp³-hybridized carbons (Fsp3) is 0.270. The Morgan fingerprint density at radius 2 is 1.68 bits per heavy atom. The summed E-state index contributed by atoms with van der Waals surface area (Å²) >= 11 is 0. The molecule has 0 bridgehead atoms. The number of carbonyl (C=O) groups is 2. The highest BCUT2D eigenvalue weighted by Gasteiger charge is 2.43. The Kier molecular flexibility index (Phi) is 10.5. The molecule has 4 aromatic rings. The minimum atomic E-state index is -5.10. The van der Waals surface area contributed by atoms with Crippen molar-refractivity contribution in [3.05, 3.63) is 119 Å². The van der Waals surface area contributed by atoms with Gasteiger partial charge in [-0.2, -0.15) is 26.3 Å². The van der Waals surface area contributed by atoms with Crippen LogP contribution in [0.5, 0.6) is 5.75 Å². The Labute approximate surface area is 299 Å². The lowest BCUT2D eigenvalue weighted by Crippen LogP contribution is -2.32. The van der Waals surface area contributed by atoms with Crippen LogP contribution in [-0.2, 0) is 28.4 Å². The summed E-state index contributed by atoms with van der Waals surface area (Å²) in [6, 6.07) is 5.25. The number of amides is 1. The second kappa shape index (κ2) is 14.6. The second-order valence-electron chi connectivity index (χ2n) is 12.4. The normalized spacial score (nSPS) is 16.2. The predicted molar refractivity (Wildman–Crippen MR) is 181 cm³/mol. The molecule has 0 radical (unpaired) electrons. The molecule has 2 aromatic heterocycles. The number of imidazole rings is 1. The van der Waals surface area contributed by atoms with E-state index in [9.17, 15) is 41.0 Å². The van der Waals surface area contributed by atoms with Gasteiger partial charge in [-0.1, -0.05) is 24.3 Å². The van der Waals surface area contributed by atoms with Gasteiger partial charge in [0.15, 0.2) is 0 Å². The number of aromatic nitrogens is 4. The van der Waals surface area contributed by atoms with Crippen LogP contribution >= 0.6 is 0 Å². The maximum Gasteiger partial charge on any atom is 0.416 e. The summed E-state index contributed by atoms with van der Waals surface area (Å²) in [7, 11) is 1.44. The number of ether oxygens (including phenoxy) is 2. The smallest absolute Gasteiger partial charge is 0.416 e.